The Balaban J connectivity index is 1.68. The first-order valence-corrected chi connectivity index (χ1v) is 7.42. The summed E-state index contributed by atoms with van der Waals surface area (Å²) < 4.78 is 5.73. The van der Waals surface area contributed by atoms with Gasteiger partial charge in [0.15, 0.2) is 0 Å². The van der Waals surface area contributed by atoms with Gasteiger partial charge in [0.25, 0.3) is 0 Å². The van der Waals surface area contributed by atoms with Crippen molar-refractivity contribution in [3.63, 3.8) is 0 Å². The molecule has 3 nitrogen and oxygen atoms in total. The predicted molar refractivity (Wildman–Crippen MR) is 93.0 cm³/mol. The van der Waals surface area contributed by atoms with Gasteiger partial charge in [-0.1, -0.05) is 48.5 Å². The average molecular weight is 303 g/mol. The van der Waals surface area contributed by atoms with Gasteiger partial charge in [-0.05, 0) is 36.8 Å². The lowest BCUT2D eigenvalue weighted by atomic mass is 10.2. The van der Waals surface area contributed by atoms with E-state index in [2.05, 4.69) is 5.32 Å². The quantitative estimate of drug-likeness (QED) is 0.696. The lowest BCUT2D eigenvalue weighted by molar-refractivity contribution is -0.111. The fraction of sp³-hybridized carbons (Fsp3) is 0.0500. The van der Waals surface area contributed by atoms with Crippen molar-refractivity contribution in [2.24, 2.45) is 0 Å². The average Bonchev–Trinajstić information content (AvgIpc) is 3.05. The number of hydrogen-bond donors (Lipinski definition) is 1. The van der Waals surface area contributed by atoms with Gasteiger partial charge in [0.05, 0.1) is 0 Å². The van der Waals surface area contributed by atoms with Crippen LogP contribution in [0.4, 0.5) is 5.69 Å². The van der Waals surface area contributed by atoms with Crippen molar-refractivity contribution in [3.05, 3.63) is 84.1 Å². The summed E-state index contributed by atoms with van der Waals surface area (Å²) in [5, 5.41) is 2.85. The van der Waals surface area contributed by atoms with Crippen molar-refractivity contribution >= 4 is 17.7 Å². The fourth-order valence-electron chi connectivity index (χ4n) is 2.25. The van der Waals surface area contributed by atoms with Crippen molar-refractivity contribution in [2.45, 2.75) is 6.92 Å². The standard InChI is InChI=1S/C20H17NO2/c1-15-7-5-6-10-18(15)21-20(22)14-12-17-11-13-19(23-17)16-8-3-2-4-9-16/h2-14H,1H3,(H,21,22)/b14-12+. The van der Waals surface area contributed by atoms with Gasteiger partial charge in [-0.15, -0.1) is 0 Å². The van der Waals surface area contributed by atoms with Crippen LogP contribution < -0.4 is 5.32 Å². The van der Waals surface area contributed by atoms with Crippen LogP contribution in [0.25, 0.3) is 17.4 Å². The zero-order chi connectivity index (χ0) is 16.1. The van der Waals surface area contributed by atoms with E-state index in [1.807, 2.05) is 73.7 Å². The number of anilines is 1. The molecule has 3 heteroatoms. The van der Waals surface area contributed by atoms with E-state index >= 15 is 0 Å². The van der Waals surface area contributed by atoms with Gasteiger partial charge in [-0.25, -0.2) is 0 Å². The van der Waals surface area contributed by atoms with Gasteiger partial charge < -0.3 is 9.73 Å². The first-order chi connectivity index (χ1) is 11.2. The largest absolute Gasteiger partial charge is 0.457 e. The maximum Gasteiger partial charge on any atom is 0.248 e. The highest BCUT2D eigenvalue weighted by Crippen LogP contribution is 2.22. The smallest absolute Gasteiger partial charge is 0.248 e. The maximum atomic E-state index is 12.0. The summed E-state index contributed by atoms with van der Waals surface area (Å²) in [5.74, 6) is 1.24. The van der Waals surface area contributed by atoms with Crippen molar-refractivity contribution < 1.29 is 9.21 Å². The van der Waals surface area contributed by atoms with Gasteiger partial charge in [-0.3, -0.25) is 4.79 Å². The molecular formula is C20H17NO2. The van der Waals surface area contributed by atoms with Gasteiger partial charge in [-0.2, -0.15) is 0 Å². The molecule has 1 amide bonds. The summed E-state index contributed by atoms with van der Waals surface area (Å²) in [7, 11) is 0. The minimum absolute atomic E-state index is 0.183. The van der Waals surface area contributed by atoms with E-state index in [-0.39, 0.29) is 5.91 Å². The van der Waals surface area contributed by atoms with Crippen LogP contribution in [0.3, 0.4) is 0 Å². The molecule has 23 heavy (non-hydrogen) atoms. The molecule has 0 aliphatic rings. The number of carbonyl (C=O) groups excluding carboxylic acids is 1. The molecule has 0 saturated carbocycles. The molecule has 0 spiro atoms. The van der Waals surface area contributed by atoms with Crippen molar-refractivity contribution in [2.75, 3.05) is 5.32 Å². The summed E-state index contributed by atoms with van der Waals surface area (Å²) in [6.07, 6.45) is 3.14. The number of nitrogens with one attached hydrogen (secondary N) is 1. The molecule has 0 aliphatic carbocycles. The van der Waals surface area contributed by atoms with Crippen LogP contribution in [-0.2, 0) is 4.79 Å². The third kappa shape index (κ3) is 3.77. The molecule has 2 aromatic carbocycles. The van der Waals surface area contributed by atoms with E-state index in [4.69, 9.17) is 4.42 Å². The molecule has 114 valence electrons. The third-order valence-electron chi connectivity index (χ3n) is 3.49. The Labute approximate surface area is 135 Å². The number of hydrogen-bond acceptors (Lipinski definition) is 2. The van der Waals surface area contributed by atoms with Crippen LogP contribution >= 0.6 is 0 Å². The molecule has 0 fully saturated rings. The highest BCUT2D eigenvalue weighted by Gasteiger charge is 2.03. The van der Waals surface area contributed by atoms with Gasteiger partial charge in [0, 0.05) is 17.3 Å². The maximum absolute atomic E-state index is 12.0. The fourth-order valence-corrected chi connectivity index (χ4v) is 2.25. The van der Waals surface area contributed by atoms with E-state index in [1.165, 1.54) is 6.08 Å². The summed E-state index contributed by atoms with van der Waals surface area (Å²) in [6.45, 7) is 1.96. The molecule has 1 N–H and O–H groups in total. The van der Waals surface area contributed by atoms with Crippen LogP contribution in [-0.4, -0.2) is 5.91 Å². The first-order valence-electron chi connectivity index (χ1n) is 7.42. The normalized spacial score (nSPS) is 10.8. The summed E-state index contributed by atoms with van der Waals surface area (Å²) >= 11 is 0. The second-order valence-corrected chi connectivity index (χ2v) is 5.21. The second-order valence-electron chi connectivity index (χ2n) is 5.21. The Morgan fingerprint density at radius 1 is 0.957 bits per heavy atom. The van der Waals surface area contributed by atoms with Crippen LogP contribution in [0.1, 0.15) is 11.3 Å². The zero-order valence-electron chi connectivity index (χ0n) is 12.8. The van der Waals surface area contributed by atoms with Crippen molar-refractivity contribution in [1.82, 2.24) is 0 Å². The van der Waals surface area contributed by atoms with Gasteiger partial charge in [0.2, 0.25) is 5.91 Å². The number of benzene rings is 2. The van der Waals surface area contributed by atoms with E-state index in [0.29, 0.717) is 5.76 Å². The lowest BCUT2D eigenvalue weighted by Crippen LogP contribution is -2.08. The van der Waals surface area contributed by atoms with Gasteiger partial charge in [0.1, 0.15) is 11.5 Å². The zero-order valence-corrected chi connectivity index (χ0v) is 12.8. The molecule has 3 aromatic rings. The summed E-state index contributed by atoms with van der Waals surface area (Å²) in [5.41, 5.74) is 2.85. The molecule has 0 saturated heterocycles. The number of rotatable bonds is 4. The molecule has 0 radical (unpaired) electrons. The minimum Gasteiger partial charge on any atom is -0.457 e. The lowest BCUT2D eigenvalue weighted by Gasteiger charge is -2.04. The molecule has 1 heterocycles. The first kappa shape index (κ1) is 14.9. The number of para-hydroxylation sites is 1. The third-order valence-corrected chi connectivity index (χ3v) is 3.49. The molecular weight excluding hydrogens is 286 g/mol. The molecule has 0 atom stereocenters. The van der Waals surface area contributed by atoms with Crippen LogP contribution in [0, 0.1) is 6.92 Å². The molecule has 1 aromatic heterocycles. The summed E-state index contributed by atoms with van der Waals surface area (Å²) in [6, 6.07) is 21.3. The minimum atomic E-state index is -0.183. The van der Waals surface area contributed by atoms with E-state index in [9.17, 15) is 4.79 Å². The SMILES string of the molecule is Cc1ccccc1NC(=O)/C=C/c1ccc(-c2ccccc2)o1. The Morgan fingerprint density at radius 2 is 1.70 bits per heavy atom. The van der Waals surface area contributed by atoms with Crippen LogP contribution in [0.15, 0.2) is 77.2 Å². The van der Waals surface area contributed by atoms with E-state index in [0.717, 1.165) is 22.6 Å². The molecule has 0 unspecified atom stereocenters. The number of carbonyl (C=O) groups is 1. The summed E-state index contributed by atoms with van der Waals surface area (Å²) in [4.78, 5) is 12.0. The monoisotopic (exact) mass is 303 g/mol. The van der Waals surface area contributed by atoms with Crippen molar-refractivity contribution in [3.8, 4) is 11.3 Å². The predicted octanol–water partition coefficient (Wildman–Crippen LogP) is 4.91. The Morgan fingerprint density at radius 3 is 2.48 bits per heavy atom. The Hall–Kier alpha value is -3.07. The second kappa shape index (κ2) is 6.79. The molecule has 0 aliphatic heterocycles. The Kier molecular flexibility index (Phi) is 4.39. The number of aryl methyl sites for hydroxylation is 1. The van der Waals surface area contributed by atoms with E-state index in [1.54, 1.807) is 6.08 Å². The van der Waals surface area contributed by atoms with Crippen molar-refractivity contribution in [1.29, 1.82) is 0 Å². The molecule has 0 bridgehead atoms. The van der Waals surface area contributed by atoms with Gasteiger partial charge >= 0.3 is 0 Å². The Bertz CT molecular complexity index is 832. The number of amides is 1. The number of furan rings is 1. The highest BCUT2D eigenvalue weighted by atomic mass is 16.3. The highest BCUT2D eigenvalue weighted by molar-refractivity contribution is 6.02. The topological polar surface area (TPSA) is 42.2 Å². The van der Waals surface area contributed by atoms with Crippen LogP contribution in [0.2, 0.25) is 0 Å². The molecule has 3 rings (SSSR count). The van der Waals surface area contributed by atoms with E-state index < -0.39 is 0 Å². The van der Waals surface area contributed by atoms with Crippen LogP contribution in [0.5, 0.6) is 0 Å².